The van der Waals surface area contributed by atoms with Gasteiger partial charge in [0, 0.05) is 0 Å². The molecule has 0 N–H and O–H groups in total. The second-order valence-electron chi connectivity index (χ2n) is 2.73. The smallest absolute Gasteiger partial charge is 0.313 e. The summed E-state index contributed by atoms with van der Waals surface area (Å²) in [7, 11) is 0. The highest BCUT2D eigenvalue weighted by molar-refractivity contribution is 5.74. The predicted molar refractivity (Wildman–Crippen MR) is 47.6 cm³/mol. The van der Waals surface area contributed by atoms with Crippen LogP contribution in [0.5, 0.6) is 0 Å². The van der Waals surface area contributed by atoms with Crippen molar-refractivity contribution in [2.24, 2.45) is 5.92 Å². The van der Waals surface area contributed by atoms with Gasteiger partial charge >= 0.3 is 5.97 Å². The second kappa shape index (κ2) is 4.75. The zero-order valence-corrected chi connectivity index (χ0v) is 7.32. The molecule has 2 heteroatoms. The number of esters is 1. The molecule has 0 radical (unpaired) electrons. The van der Waals surface area contributed by atoms with Gasteiger partial charge in [0.05, 0.1) is 12.5 Å². The average molecular weight is 166 g/mol. The second-order valence-corrected chi connectivity index (χ2v) is 2.73. The van der Waals surface area contributed by atoms with Crippen molar-refractivity contribution in [1.82, 2.24) is 0 Å². The number of allylic oxidation sites excluding steroid dienone is 3. The van der Waals surface area contributed by atoms with Crippen molar-refractivity contribution in [1.29, 1.82) is 0 Å². The van der Waals surface area contributed by atoms with Crippen LogP contribution in [0, 0.1) is 5.92 Å². The number of rotatable bonds is 2. The topological polar surface area (TPSA) is 26.3 Å². The number of hydrogen-bond donors (Lipinski definition) is 0. The summed E-state index contributed by atoms with van der Waals surface area (Å²) in [4.78, 5) is 11.2. The lowest BCUT2D eigenvalue weighted by Gasteiger charge is -2.07. The summed E-state index contributed by atoms with van der Waals surface area (Å²) in [5, 5.41) is 0. The van der Waals surface area contributed by atoms with Crippen molar-refractivity contribution >= 4 is 5.97 Å². The van der Waals surface area contributed by atoms with Gasteiger partial charge in [0.25, 0.3) is 0 Å². The zero-order chi connectivity index (χ0) is 8.81. The van der Waals surface area contributed by atoms with E-state index in [0.717, 1.165) is 12.8 Å². The van der Waals surface area contributed by atoms with E-state index in [-0.39, 0.29) is 11.9 Å². The van der Waals surface area contributed by atoms with Crippen LogP contribution in [0.3, 0.4) is 0 Å². The van der Waals surface area contributed by atoms with Crippen molar-refractivity contribution in [3.05, 3.63) is 24.3 Å². The van der Waals surface area contributed by atoms with E-state index < -0.39 is 0 Å². The van der Waals surface area contributed by atoms with Gasteiger partial charge in [-0.05, 0) is 19.8 Å². The van der Waals surface area contributed by atoms with Gasteiger partial charge in [-0.25, -0.2) is 0 Å². The lowest BCUT2D eigenvalue weighted by molar-refractivity contribution is -0.146. The Labute approximate surface area is 72.9 Å². The van der Waals surface area contributed by atoms with E-state index in [4.69, 9.17) is 4.74 Å². The minimum absolute atomic E-state index is 0.0660. The minimum Gasteiger partial charge on any atom is -0.466 e. The van der Waals surface area contributed by atoms with Crippen LogP contribution < -0.4 is 0 Å². The van der Waals surface area contributed by atoms with Gasteiger partial charge in [-0.15, -0.1) is 0 Å². The maximum Gasteiger partial charge on any atom is 0.313 e. The monoisotopic (exact) mass is 166 g/mol. The van der Waals surface area contributed by atoms with Gasteiger partial charge in [0.15, 0.2) is 0 Å². The van der Waals surface area contributed by atoms with Crippen LogP contribution >= 0.6 is 0 Å². The summed E-state index contributed by atoms with van der Waals surface area (Å²) in [5.41, 5.74) is 0. The molecule has 0 aromatic carbocycles. The van der Waals surface area contributed by atoms with Gasteiger partial charge in [-0.2, -0.15) is 0 Å². The molecule has 0 bridgehead atoms. The third kappa shape index (κ3) is 2.53. The van der Waals surface area contributed by atoms with E-state index in [1.165, 1.54) is 0 Å². The molecule has 1 aliphatic rings. The van der Waals surface area contributed by atoms with Crippen LogP contribution in [0.1, 0.15) is 19.8 Å². The highest BCUT2D eigenvalue weighted by atomic mass is 16.5. The first kappa shape index (κ1) is 9.04. The number of hydrogen-bond acceptors (Lipinski definition) is 2. The van der Waals surface area contributed by atoms with Crippen molar-refractivity contribution in [3.8, 4) is 0 Å². The molecule has 0 saturated heterocycles. The summed E-state index contributed by atoms with van der Waals surface area (Å²) >= 11 is 0. The summed E-state index contributed by atoms with van der Waals surface area (Å²) in [6.07, 6.45) is 9.73. The predicted octanol–water partition coefficient (Wildman–Crippen LogP) is 2.07. The molecule has 2 nitrogen and oxygen atoms in total. The van der Waals surface area contributed by atoms with Gasteiger partial charge in [-0.1, -0.05) is 24.3 Å². The van der Waals surface area contributed by atoms with Crippen molar-refractivity contribution in [2.75, 3.05) is 6.61 Å². The standard InChI is InChI=1S/C10H14O2/c1-2-12-10(11)9-7-5-3-4-6-8-9/h3,5-6,8-9H,2,4,7H2,1H3. The molecule has 0 heterocycles. The molecule has 1 aliphatic carbocycles. The van der Waals surface area contributed by atoms with Gasteiger partial charge in [-0.3, -0.25) is 4.79 Å². The Morgan fingerprint density at radius 3 is 3.08 bits per heavy atom. The molecule has 66 valence electrons. The highest BCUT2D eigenvalue weighted by Crippen LogP contribution is 2.12. The molecular weight excluding hydrogens is 152 g/mol. The number of ether oxygens (including phenoxy) is 1. The number of carbonyl (C=O) groups is 1. The first-order valence-electron chi connectivity index (χ1n) is 4.33. The lowest BCUT2D eigenvalue weighted by Crippen LogP contribution is -2.14. The number of carbonyl (C=O) groups excluding carboxylic acids is 1. The summed E-state index contributed by atoms with van der Waals surface area (Å²) in [6.45, 7) is 2.29. The van der Waals surface area contributed by atoms with E-state index >= 15 is 0 Å². The minimum atomic E-state index is -0.111. The normalized spacial score (nSPS) is 21.9. The fraction of sp³-hybridized carbons (Fsp3) is 0.500. The van der Waals surface area contributed by atoms with Crippen LogP contribution in [-0.4, -0.2) is 12.6 Å². The van der Waals surface area contributed by atoms with Crippen LogP contribution in [0.4, 0.5) is 0 Å². The Morgan fingerprint density at radius 1 is 1.50 bits per heavy atom. The Bertz CT molecular complexity index is 204. The Balaban J connectivity index is 2.49. The molecular formula is C10H14O2. The van der Waals surface area contributed by atoms with Crippen LogP contribution in [-0.2, 0) is 9.53 Å². The molecule has 0 aromatic rings. The molecule has 1 unspecified atom stereocenters. The van der Waals surface area contributed by atoms with Crippen molar-refractivity contribution in [2.45, 2.75) is 19.8 Å². The molecule has 12 heavy (non-hydrogen) atoms. The van der Waals surface area contributed by atoms with Gasteiger partial charge in [0.2, 0.25) is 0 Å². The van der Waals surface area contributed by atoms with Crippen LogP contribution in [0.25, 0.3) is 0 Å². The van der Waals surface area contributed by atoms with E-state index in [2.05, 4.69) is 6.08 Å². The third-order valence-electron chi connectivity index (χ3n) is 1.79. The molecule has 0 fully saturated rings. The maximum atomic E-state index is 11.2. The molecule has 0 aliphatic heterocycles. The van der Waals surface area contributed by atoms with E-state index in [1.54, 1.807) is 0 Å². The first-order chi connectivity index (χ1) is 5.84. The fourth-order valence-corrected chi connectivity index (χ4v) is 1.16. The van der Waals surface area contributed by atoms with E-state index in [1.807, 2.05) is 25.2 Å². The summed E-state index contributed by atoms with van der Waals surface area (Å²) < 4.78 is 4.91. The molecule has 0 amide bonds. The SMILES string of the molecule is CCOC(=O)C1C=CCC=CC1. The zero-order valence-electron chi connectivity index (χ0n) is 7.32. The van der Waals surface area contributed by atoms with E-state index in [9.17, 15) is 4.79 Å². The molecule has 0 spiro atoms. The quantitative estimate of drug-likeness (QED) is 0.463. The largest absolute Gasteiger partial charge is 0.466 e. The molecule has 1 rings (SSSR count). The third-order valence-corrected chi connectivity index (χ3v) is 1.79. The molecule has 1 atom stereocenters. The molecule has 0 aromatic heterocycles. The van der Waals surface area contributed by atoms with Crippen LogP contribution in [0.2, 0.25) is 0 Å². The van der Waals surface area contributed by atoms with Crippen LogP contribution in [0.15, 0.2) is 24.3 Å². The van der Waals surface area contributed by atoms with Gasteiger partial charge < -0.3 is 4.74 Å². The lowest BCUT2D eigenvalue weighted by atomic mass is 10.1. The molecule has 0 saturated carbocycles. The Kier molecular flexibility index (Phi) is 3.58. The van der Waals surface area contributed by atoms with Crippen molar-refractivity contribution < 1.29 is 9.53 Å². The fourth-order valence-electron chi connectivity index (χ4n) is 1.16. The summed E-state index contributed by atoms with van der Waals surface area (Å²) in [6, 6.07) is 0. The highest BCUT2D eigenvalue weighted by Gasteiger charge is 2.15. The summed E-state index contributed by atoms with van der Waals surface area (Å²) in [5.74, 6) is -0.177. The Hall–Kier alpha value is -1.05. The van der Waals surface area contributed by atoms with Crippen molar-refractivity contribution in [3.63, 3.8) is 0 Å². The van der Waals surface area contributed by atoms with E-state index in [0.29, 0.717) is 6.61 Å². The Morgan fingerprint density at radius 2 is 2.33 bits per heavy atom. The first-order valence-corrected chi connectivity index (χ1v) is 4.33. The maximum absolute atomic E-state index is 11.2. The van der Waals surface area contributed by atoms with Gasteiger partial charge in [0.1, 0.15) is 0 Å². The average Bonchev–Trinajstić information content (AvgIpc) is 2.32.